The van der Waals surface area contributed by atoms with Crippen LogP contribution in [0.1, 0.15) is 11.3 Å². The predicted octanol–water partition coefficient (Wildman–Crippen LogP) is 2.23. The quantitative estimate of drug-likeness (QED) is 0.772. The van der Waals surface area contributed by atoms with E-state index in [1.165, 1.54) is 7.11 Å². The SMILES string of the molecule is COc1cc(Cc2nc3ccccc3[nH]c2=O)ccc1O. The van der Waals surface area contributed by atoms with Gasteiger partial charge in [0.15, 0.2) is 11.5 Å². The van der Waals surface area contributed by atoms with Crippen LogP contribution in [0.15, 0.2) is 47.3 Å². The number of aromatic nitrogens is 2. The first-order valence-corrected chi connectivity index (χ1v) is 6.51. The van der Waals surface area contributed by atoms with Crippen molar-refractivity contribution in [2.75, 3.05) is 7.11 Å². The largest absolute Gasteiger partial charge is 0.504 e. The van der Waals surface area contributed by atoms with Crippen LogP contribution in [0.25, 0.3) is 11.0 Å². The summed E-state index contributed by atoms with van der Waals surface area (Å²) < 4.78 is 5.07. The van der Waals surface area contributed by atoms with Crippen LogP contribution in [-0.4, -0.2) is 22.2 Å². The van der Waals surface area contributed by atoms with Crippen LogP contribution in [0, 0.1) is 0 Å². The van der Waals surface area contributed by atoms with Crippen LogP contribution in [-0.2, 0) is 6.42 Å². The van der Waals surface area contributed by atoms with E-state index < -0.39 is 0 Å². The lowest BCUT2D eigenvalue weighted by Crippen LogP contribution is -2.15. The van der Waals surface area contributed by atoms with Gasteiger partial charge in [-0.25, -0.2) is 4.98 Å². The molecule has 3 rings (SSSR count). The Hall–Kier alpha value is -2.82. The Balaban J connectivity index is 2.01. The summed E-state index contributed by atoms with van der Waals surface area (Å²) in [5.41, 5.74) is 2.53. The highest BCUT2D eigenvalue weighted by molar-refractivity contribution is 5.73. The Labute approximate surface area is 120 Å². The van der Waals surface area contributed by atoms with E-state index in [0.717, 1.165) is 16.6 Å². The molecule has 0 bridgehead atoms. The summed E-state index contributed by atoms with van der Waals surface area (Å²) in [5, 5.41) is 9.59. The Morgan fingerprint density at radius 3 is 2.86 bits per heavy atom. The molecular formula is C16H14N2O3. The standard InChI is InChI=1S/C16H14N2O3/c1-21-15-9-10(6-7-14(15)19)8-13-16(20)18-12-5-3-2-4-11(12)17-13/h2-7,9,19H,8H2,1H3,(H,18,20). The van der Waals surface area contributed by atoms with Crippen molar-refractivity contribution in [3.05, 3.63) is 64.1 Å². The third-order valence-corrected chi connectivity index (χ3v) is 3.29. The second-order valence-electron chi connectivity index (χ2n) is 4.71. The fourth-order valence-corrected chi connectivity index (χ4v) is 2.21. The molecule has 2 N–H and O–H groups in total. The van der Waals surface area contributed by atoms with Crippen LogP contribution in [0.5, 0.6) is 11.5 Å². The number of nitrogens with one attached hydrogen (secondary N) is 1. The Morgan fingerprint density at radius 1 is 1.24 bits per heavy atom. The van der Waals surface area contributed by atoms with Crippen molar-refractivity contribution in [1.29, 1.82) is 0 Å². The van der Waals surface area contributed by atoms with Crippen LogP contribution in [0.2, 0.25) is 0 Å². The zero-order chi connectivity index (χ0) is 14.8. The molecule has 0 aliphatic carbocycles. The summed E-state index contributed by atoms with van der Waals surface area (Å²) >= 11 is 0. The smallest absolute Gasteiger partial charge is 0.270 e. The van der Waals surface area contributed by atoms with Gasteiger partial charge in [-0.2, -0.15) is 0 Å². The van der Waals surface area contributed by atoms with E-state index in [9.17, 15) is 9.90 Å². The third-order valence-electron chi connectivity index (χ3n) is 3.29. The molecule has 0 amide bonds. The Kier molecular flexibility index (Phi) is 3.31. The number of fused-ring (bicyclic) bond motifs is 1. The highest BCUT2D eigenvalue weighted by Crippen LogP contribution is 2.26. The molecule has 1 heterocycles. The van der Waals surface area contributed by atoms with Crippen LogP contribution in [0.4, 0.5) is 0 Å². The van der Waals surface area contributed by atoms with E-state index in [-0.39, 0.29) is 11.3 Å². The molecule has 0 fully saturated rings. The number of phenolic OH excluding ortho intramolecular Hbond substituents is 1. The molecule has 0 radical (unpaired) electrons. The van der Waals surface area contributed by atoms with Crippen molar-refractivity contribution < 1.29 is 9.84 Å². The normalized spacial score (nSPS) is 10.7. The van der Waals surface area contributed by atoms with Crippen molar-refractivity contribution in [1.82, 2.24) is 9.97 Å². The van der Waals surface area contributed by atoms with Crippen LogP contribution >= 0.6 is 0 Å². The molecule has 0 aliphatic heterocycles. The topological polar surface area (TPSA) is 75.2 Å². The molecule has 0 unspecified atom stereocenters. The summed E-state index contributed by atoms with van der Waals surface area (Å²) in [6.45, 7) is 0. The van der Waals surface area contributed by atoms with Crippen LogP contribution < -0.4 is 10.3 Å². The molecule has 2 aromatic carbocycles. The second kappa shape index (κ2) is 5.28. The zero-order valence-electron chi connectivity index (χ0n) is 11.5. The van der Waals surface area contributed by atoms with E-state index in [2.05, 4.69) is 9.97 Å². The molecule has 0 aliphatic rings. The van der Waals surface area contributed by atoms with E-state index in [1.807, 2.05) is 24.3 Å². The maximum absolute atomic E-state index is 12.1. The van der Waals surface area contributed by atoms with Crippen molar-refractivity contribution in [3.63, 3.8) is 0 Å². The number of rotatable bonds is 3. The molecule has 1 aromatic heterocycles. The summed E-state index contributed by atoms with van der Waals surface area (Å²) in [6.07, 6.45) is 0.372. The first-order valence-electron chi connectivity index (χ1n) is 6.51. The lowest BCUT2D eigenvalue weighted by atomic mass is 10.1. The van der Waals surface area contributed by atoms with Gasteiger partial charge in [0, 0.05) is 6.42 Å². The van der Waals surface area contributed by atoms with Gasteiger partial charge in [-0.15, -0.1) is 0 Å². The lowest BCUT2D eigenvalue weighted by Gasteiger charge is -2.06. The summed E-state index contributed by atoms with van der Waals surface area (Å²) in [6, 6.07) is 12.4. The molecule has 0 atom stereocenters. The maximum Gasteiger partial charge on any atom is 0.270 e. The minimum atomic E-state index is -0.208. The first kappa shape index (κ1) is 13.2. The molecule has 21 heavy (non-hydrogen) atoms. The average molecular weight is 282 g/mol. The van der Waals surface area contributed by atoms with Crippen molar-refractivity contribution >= 4 is 11.0 Å². The van der Waals surface area contributed by atoms with Gasteiger partial charge in [0.25, 0.3) is 5.56 Å². The fraction of sp³-hybridized carbons (Fsp3) is 0.125. The van der Waals surface area contributed by atoms with Gasteiger partial charge >= 0.3 is 0 Å². The number of methoxy groups -OCH3 is 1. The van der Waals surface area contributed by atoms with Gasteiger partial charge in [-0.3, -0.25) is 4.79 Å². The second-order valence-corrected chi connectivity index (χ2v) is 4.71. The number of phenols is 1. The van der Waals surface area contributed by atoms with Gasteiger partial charge < -0.3 is 14.8 Å². The minimum absolute atomic E-state index is 0.0710. The summed E-state index contributed by atoms with van der Waals surface area (Å²) in [5.74, 6) is 0.450. The molecule has 5 heteroatoms. The minimum Gasteiger partial charge on any atom is -0.504 e. The van der Waals surface area contributed by atoms with Gasteiger partial charge in [0.1, 0.15) is 5.69 Å². The van der Waals surface area contributed by atoms with Gasteiger partial charge in [-0.05, 0) is 29.8 Å². The van der Waals surface area contributed by atoms with Gasteiger partial charge in [0.05, 0.1) is 18.1 Å². The highest BCUT2D eigenvalue weighted by Gasteiger charge is 2.08. The van der Waals surface area contributed by atoms with Gasteiger partial charge in [0.2, 0.25) is 0 Å². The number of aromatic hydroxyl groups is 1. The monoisotopic (exact) mass is 282 g/mol. The molecule has 0 spiro atoms. The van der Waals surface area contributed by atoms with Crippen molar-refractivity contribution in [2.24, 2.45) is 0 Å². The van der Waals surface area contributed by atoms with E-state index in [1.54, 1.807) is 18.2 Å². The summed E-state index contributed by atoms with van der Waals surface area (Å²) in [7, 11) is 1.49. The molecular weight excluding hydrogens is 268 g/mol. The number of hydrogen-bond acceptors (Lipinski definition) is 4. The average Bonchev–Trinajstić information content (AvgIpc) is 2.50. The highest BCUT2D eigenvalue weighted by atomic mass is 16.5. The van der Waals surface area contributed by atoms with Crippen molar-refractivity contribution in [3.8, 4) is 11.5 Å². The fourth-order valence-electron chi connectivity index (χ4n) is 2.21. The number of hydrogen-bond donors (Lipinski definition) is 2. The zero-order valence-corrected chi connectivity index (χ0v) is 11.5. The Morgan fingerprint density at radius 2 is 2.05 bits per heavy atom. The number of aromatic amines is 1. The molecule has 0 saturated carbocycles. The third kappa shape index (κ3) is 2.58. The molecule has 106 valence electrons. The molecule has 5 nitrogen and oxygen atoms in total. The maximum atomic E-state index is 12.1. The van der Waals surface area contributed by atoms with E-state index in [0.29, 0.717) is 17.9 Å². The number of para-hydroxylation sites is 2. The number of nitrogens with zero attached hydrogens (tertiary/aromatic N) is 1. The van der Waals surface area contributed by atoms with Crippen LogP contribution in [0.3, 0.4) is 0 Å². The van der Waals surface area contributed by atoms with E-state index >= 15 is 0 Å². The number of H-pyrrole nitrogens is 1. The van der Waals surface area contributed by atoms with Gasteiger partial charge in [-0.1, -0.05) is 18.2 Å². The summed E-state index contributed by atoms with van der Waals surface area (Å²) in [4.78, 5) is 19.3. The van der Waals surface area contributed by atoms with Crippen molar-refractivity contribution in [2.45, 2.75) is 6.42 Å². The predicted molar refractivity (Wildman–Crippen MR) is 79.8 cm³/mol. The number of ether oxygens (including phenoxy) is 1. The Bertz CT molecular complexity index is 856. The molecule has 3 aromatic rings. The first-order chi connectivity index (χ1) is 10.2. The van der Waals surface area contributed by atoms with E-state index in [4.69, 9.17) is 4.74 Å². The lowest BCUT2D eigenvalue weighted by molar-refractivity contribution is 0.373. The molecule has 0 saturated heterocycles. The number of benzene rings is 2.